The van der Waals surface area contributed by atoms with Crippen molar-refractivity contribution in [2.75, 3.05) is 6.54 Å². The van der Waals surface area contributed by atoms with Crippen molar-refractivity contribution in [2.24, 2.45) is 0 Å². The molecule has 0 aliphatic heterocycles. The molecule has 2 nitrogen and oxygen atoms in total. The van der Waals surface area contributed by atoms with Crippen LogP contribution in [0.4, 0.5) is 0 Å². The van der Waals surface area contributed by atoms with Gasteiger partial charge in [0.2, 0.25) is 0 Å². The minimum atomic E-state index is 0.139. The molecule has 0 saturated heterocycles. The highest BCUT2D eigenvalue weighted by Crippen LogP contribution is 2.17. The molecule has 1 fully saturated rings. The van der Waals surface area contributed by atoms with Crippen LogP contribution in [0.25, 0.3) is 0 Å². The third-order valence-electron chi connectivity index (χ3n) is 3.41. The van der Waals surface area contributed by atoms with Gasteiger partial charge in [-0.05, 0) is 36.9 Å². The number of aliphatic hydroxyl groups is 1. The van der Waals surface area contributed by atoms with Gasteiger partial charge in [-0.2, -0.15) is 0 Å². The first-order valence-corrected chi connectivity index (χ1v) is 6.30. The van der Waals surface area contributed by atoms with E-state index in [1.807, 2.05) is 12.1 Å². The molecule has 1 aliphatic rings. The van der Waals surface area contributed by atoms with Crippen molar-refractivity contribution >= 4 is 0 Å². The molecule has 88 valence electrons. The lowest BCUT2D eigenvalue weighted by molar-refractivity contribution is 0.282. The molecule has 0 radical (unpaired) electrons. The second kappa shape index (κ2) is 6.02. The van der Waals surface area contributed by atoms with Crippen LogP contribution in [0.1, 0.15) is 36.8 Å². The van der Waals surface area contributed by atoms with Crippen LogP contribution in [0, 0.1) is 0 Å². The van der Waals surface area contributed by atoms with E-state index < -0.39 is 0 Å². The van der Waals surface area contributed by atoms with Crippen molar-refractivity contribution in [3.05, 3.63) is 35.4 Å². The van der Waals surface area contributed by atoms with E-state index in [1.165, 1.54) is 31.2 Å². The summed E-state index contributed by atoms with van der Waals surface area (Å²) in [6, 6.07) is 9.00. The van der Waals surface area contributed by atoms with Crippen molar-refractivity contribution in [1.82, 2.24) is 5.32 Å². The van der Waals surface area contributed by atoms with Gasteiger partial charge < -0.3 is 10.4 Å². The lowest BCUT2D eigenvalue weighted by Gasteiger charge is -2.11. The normalized spacial score (nSPS) is 16.8. The predicted molar refractivity (Wildman–Crippen MR) is 66.3 cm³/mol. The first kappa shape index (κ1) is 11.6. The maximum atomic E-state index is 8.94. The number of hydrogen-bond acceptors (Lipinski definition) is 2. The van der Waals surface area contributed by atoms with Crippen molar-refractivity contribution in [2.45, 2.75) is 44.8 Å². The first-order valence-electron chi connectivity index (χ1n) is 6.30. The van der Waals surface area contributed by atoms with Crippen molar-refractivity contribution in [3.8, 4) is 0 Å². The number of rotatable bonds is 5. The van der Waals surface area contributed by atoms with Crippen LogP contribution < -0.4 is 5.32 Å². The van der Waals surface area contributed by atoms with Crippen LogP contribution in [0.2, 0.25) is 0 Å². The van der Waals surface area contributed by atoms with E-state index in [2.05, 4.69) is 17.4 Å². The minimum absolute atomic E-state index is 0.139. The van der Waals surface area contributed by atoms with Crippen molar-refractivity contribution < 1.29 is 5.11 Å². The Labute approximate surface area is 97.7 Å². The molecule has 1 aromatic rings. The number of nitrogens with one attached hydrogen (secondary N) is 1. The minimum Gasteiger partial charge on any atom is -0.392 e. The van der Waals surface area contributed by atoms with E-state index in [0.717, 1.165) is 24.6 Å². The summed E-state index contributed by atoms with van der Waals surface area (Å²) in [5, 5.41) is 12.5. The summed E-state index contributed by atoms with van der Waals surface area (Å²) in [6.07, 6.45) is 6.57. The van der Waals surface area contributed by atoms with E-state index in [0.29, 0.717) is 0 Å². The molecule has 2 N–H and O–H groups in total. The van der Waals surface area contributed by atoms with Gasteiger partial charge in [0.1, 0.15) is 0 Å². The van der Waals surface area contributed by atoms with Crippen LogP contribution in [-0.2, 0) is 13.0 Å². The molecule has 2 rings (SSSR count). The summed E-state index contributed by atoms with van der Waals surface area (Å²) >= 11 is 0. The van der Waals surface area contributed by atoms with Gasteiger partial charge in [0.05, 0.1) is 6.61 Å². The first-order chi connectivity index (χ1) is 7.88. The van der Waals surface area contributed by atoms with Crippen LogP contribution >= 0.6 is 0 Å². The van der Waals surface area contributed by atoms with Gasteiger partial charge in [0.25, 0.3) is 0 Å². The zero-order valence-corrected chi connectivity index (χ0v) is 9.78. The lowest BCUT2D eigenvalue weighted by atomic mass is 10.1. The number of aliphatic hydroxyl groups excluding tert-OH is 1. The zero-order chi connectivity index (χ0) is 11.2. The van der Waals surface area contributed by atoms with E-state index in [9.17, 15) is 0 Å². The second-order valence-electron chi connectivity index (χ2n) is 4.66. The van der Waals surface area contributed by atoms with E-state index in [4.69, 9.17) is 5.11 Å². The molecule has 2 heteroatoms. The van der Waals surface area contributed by atoms with Crippen LogP contribution in [0.15, 0.2) is 24.3 Å². The second-order valence-corrected chi connectivity index (χ2v) is 4.66. The zero-order valence-electron chi connectivity index (χ0n) is 9.78. The fourth-order valence-corrected chi connectivity index (χ4v) is 2.36. The van der Waals surface area contributed by atoms with Crippen molar-refractivity contribution in [3.63, 3.8) is 0 Å². The molecule has 0 spiro atoms. The van der Waals surface area contributed by atoms with Gasteiger partial charge >= 0.3 is 0 Å². The molecule has 0 bridgehead atoms. The van der Waals surface area contributed by atoms with Crippen LogP contribution in [-0.4, -0.2) is 17.7 Å². The maximum absolute atomic E-state index is 8.94. The molecule has 0 heterocycles. The Hall–Kier alpha value is -0.860. The van der Waals surface area contributed by atoms with Gasteiger partial charge in [-0.1, -0.05) is 37.1 Å². The summed E-state index contributed by atoms with van der Waals surface area (Å²) in [7, 11) is 0. The molecule has 0 atom stereocenters. The van der Waals surface area contributed by atoms with Gasteiger partial charge in [-0.3, -0.25) is 0 Å². The van der Waals surface area contributed by atoms with Crippen molar-refractivity contribution in [1.29, 1.82) is 0 Å². The molecule has 16 heavy (non-hydrogen) atoms. The van der Waals surface area contributed by atoms with Gasteiger partial charge in [0, 0.05) is 6.04 Å². The topological polar surface area (TPSA) is 32.3 Å². The van der Waals surface area contributed by atoms with Crippen LogP contribution in [0.5, 0.6) is 0 Å². The van der Waals surface area contributed by atoms with Gasteiger partial charge in [-0.25, -0.2) is 0 Å². The molecular formula is C14H21NO. The monoisotopic (exact) mass is 219 g/mol. The summed E-state index contributed by atoms with van der Waals surface area (Å²) < 4.78 is 0. The highest BCUT2D eigenvalue weighted by atomic mass is 16.3. The van der Waals surface area contributed by atoms with Gasteiger partial charge in [0.15, 0.2) is 0 Å². The van der Waals surface area contributed by atoms with E-state index in [-0.39, 0.29) is 6.61 Å². The van der Waals surface area contributed by atoms with E-state index >= 15 is 0 Å². The highest BCUT2D eigenvalue weighted by Gasteiger charge is 2.13. The Bertz CT molecular complexity index is 301. The smallest absolute Gasteiger partial charge is 0.0681 e. The largest absolute Gasteiger partial charge is 0.392 e. The maximum Gasteiger partial charge on any atom is 0.0681 e. The third-order valence-corrected chi connectivity index (χ3v) is 3.41. The molecule has 1 aliphatic carbocycles. The Morgan fingerprint density at radius 1 is 1.06 bits per heavy atom. The Morgan fingerprint density at radius 2 is 1.69 bits per heavy atom. The molecule has 1 saturated carbocycles. The fourth-order valence-electron chi connectivity index (χ4n) is 2.36. The summed E-state index contributed by atoms with van der Waals surface area (Å²) in [6.45, 7) is 1.21. The molecule has 0 aromatic heterocycles. The fraction of sp³-hybridized carbons (Fsp3) is 0.571. The van der Waals surface area contributed by atoms with E-state index in [1.54, 1.807) is 0 Å². The standard InChI is InChI=1S/C14H21NO/c16-11-13-7-5-12(6-8-13)9-10-15-14-3-1-2-4-14/h5-8,14-16H,1-4,9-11H2. The van der Waals surface area contributed by atoms with Gasteiger partial charge in [-0.15, -0.1) is 0 Å². The molecular weight excluding hydrogens is 198 g/mol. The quantitative estimate of drug-likeness (QED) is 0.796. The third kappa shape index (κ3) is 3.32. The molecule has 0 unspecified atom stereocenters. The molecule has 0 amide bonds. The Balaban J connectivity index is 1.71. The highest BCUT2D eigenvalue weighted by molar-refractivity contribution is 5.22. The van der Waals surface area contributed by atoms with Crippen LogP contribution in [0.3, 0.4) is 0 Å². The Kier molecular flexibility index (Phi) is 4.37. The SMILES string of the molecule is OCc1ccc(CCNC2CCCC2)cc1. The molecule has 1 aromatic carbocycles. The summed E-state index contributed by atoms with van der Waals surface area (Å²) in [5.74, 6) is 0. The average Bonchev–Trinajstić information content (AvgIpc) is 2.83. The number of benzene rings is 1. The lowest BCUT2D eigenvalue weighted by Crippen LogP contribution is -2.27. The average molecular weight is 219 g/mol. The summed E-state index contributed by atoms with van der Waals surface area (Å²) in [5.41, 5.74) is 2.34. The Morgan fingerprint density at radius 3 is 2.31 bits per heavy atom. The number of hydrogen-bond donors (Lipinski definition) is 2. The predicted octanol–water partition coefficient (Wildman–Crippen LogP) is 2.25. The summed E-state index contributed by atoms with van der Waals surface area (Å²) in [4.78, 5) is 0.